The van der Waals surface area contributed by atoms with Crippen LogP contribution in [-0.2, 0) is 11.3 Å². The van der Waals surface area contributed by atoms with Crippen LogP contribution in [0.1, 0.15) is 25.0 Å². The lowest BCUT2D eigenvalue weighted by molar-refractivity contribution is -0.134. The van der Waals surface area contributed by atoms with Gasteiger partial charge in [-0.25, -0.2) is 4.39 Å². The normalized spacial score (nSPS) is 11.1. The van der Waals surface area contributed by atoms with E-state index in [9.17, 15) is 9.18 Å². The molecule has 2 rings (SSSR count). The summed E-state index contributed by atoms with van der Waals surface area (Å²) in [5.41, 5.74) is 1.15. The molecule has 116 valence electrons. The highest BCUT2D eigenvalue weighted by molar-refractivity contribution is 5.84. The zero-order chi connectivity index (χ0) is 16.2. The van der Waals surface area contributed by atoms with Crippen LogP contribution in [0.25, 0.3) is 0 Å². The maximum absolute atomic E-state index is 12.9. The highest BCUT2D eigenvalue weighted by atomic mass is 19.1. The molecule has 0 saturated carbocycles. The largest absolute Gasteiger partial charge is 0.478 e. The highest BCUT2D eigenvalue weighted by Crippen LogP contribution is 2.19. The summed E-state index contributed by atoms with van der Waals surface area (Å²) in [6, 6.07) is 13.5. The molecule has 0 saturated heterocycles. The van der Waals surface area contributed by atoms with Gasteiger partial charge in [0.15, 0.2) is 5.60 Å². The van der Waals surface area contributed by atoms with Crippen LogP contribution in [0.4, 0.5) is 4.39 Å². The molecule has 0 radical (unpaired) electrons. The van der Waals surface area contributed by atoms with Gasteiger partial charge in [0.25, 0.3) is 5.91 Å². The van der Waals surface area contributed by atoms with Crippen LogP contribution in [0.15, 0.2) is 48.5 Å². The van der Waals surface area contributed by atoms with Crippen molar-refractivity contribution in [3.8, 4) is 5.75 Å². The van der Waals surface area contributed by atoms with Gasteiger partial charge >= 0.3 is 0 Å². The number of benzene rings is 2. The third kappa shape index (κ3) is 4.07. The van der Waals surface area contributed by atoms with Crippen molar-refractivity contribution in [1.82, 2.24) is 5.32 Å². The molecule has 0 spiro atoms. The molecule has 0 heterocycles. The summed E-state index contributed by atoms with van der Waals surface area (Å²) < 4.78 is 18.5. The number of carbonyl (C=O) groups excluding carboxylic acids is 1. The molecule has 2 aromatic rings. The second kappa shape index (κ2) is 6.60. The van der Waals surface area contributed by atoms with E-state index in [1.165, 1.54) is 24.3 Å². The van der Waals surface area contributed by atoms with Crippen LogP contribution in [0, 0.1) is 12.7 Å². The van der Waals surface area contributed by atoms with Crippen molar-refractivity contribution in [2.75, 3.05) is 0 Å². The summed E-state index contributed by atoms with van der Waals surface area (Å²) in [6.45, 7) is 5.82. The fraction of sp³-hybridized carbons (Fsp3) is 0.278. The Morgan fingerprint density at radius 1 is 1.14 bits per heavy atom. The molecule has 0 atom stereocenters. The molecule has 1 amide bonds. The predicted molar refractivity (Wildman–Crippen MR) is 84.1 cm³/mol. The van der Waals surface area contributed by atoms with Crippen LogP contribution in [0.2, 0.25) is 0 Å². The van der Waals surface area contributed by atoms with Crippen molar-refractivity contribution in [2.45, 2.75) is 32.9 Å². The number of hydrogen-bond donors (Lipinski definition) is 1. The third-order valence-corrected chi connectivity index (χ3v) is 3.43. The van der Waals surface area contributed by atoms with E-state index in [2.05, 4.69) is 5.32 Å². The molecular weight excluding hydrogens is 281 g/mol. The fourth-order valence-corrected chi connectivity index (χ4v) is 2.04. The first-order valence-corrected chi connectivity index (χ1v) is 7.16. The first-order chi connectivity index (χ1) is 10.4. The molecule has 0 unspecified atom stereocenters. The minimum Gasteiger partial charge on any atom is -0.478 e. The fourth-order valence-electron chi connectivity index (χ4n) is 2.04. The van der Waals surface area contributed by atoms with Gasteiger partial charge in [-0.3, -0.25) is 4.79 Å². The van der Waals surface area contributed by atoms with Crippen LogP contribution < -0.4 is 10.1 Å². The van der Waals surface area contributed by atoms with E-state index in [1.54, 1.807) is 13.8 Å². The minimum absolute atomic E-state index is 0.222. The molecule has 0 aliphatic heterocycles. The second-order valence-electron chi connectivity index (χ2n) is 5.68. The van der Waals surface area contributed by atoms with E-state index in [0.29, 0.717) is 12.3 Å². The van der Waals surface area contributed by atoms with Crippen molar-refractivity contribution < 1.29 is 13.9 Å². The third-order valence-electron chi connectivity index (χ3n) is 3.43. The first-order valence-electron chi connectivity index (χ1n) is 7.16. The van der Waals surface area contributed by atoms with E-state index in [4.69, 9.17) is 4.74 Å². The Hall–Kier alpha value is -2.36. The standard InChI is InChI=1S/C18H20FNO2/c1-13-6-4-5-7-14(13)12-20-17(21)18(2,3)22-16-10-8-15(19)9-11-16/h4-11H,12H2,1-3H3,(H,20,21). The number of ether oxygens (including phenoxy) is 1. The van der Waals surface area contributed by atoms with Crippen LogP contribution in [-0.4, -0.2) is 11.5 Å². The van der Waals surface area contributed by atoms with Crippen molar-refractivity contribution in [3.63, 3.8) is 0 Å². The Kier molecular flexibility index (Phi) is 4.81. The minimum atomic E-state index is -1.04. The predicted octanol–water partition coefficient (Wildman–Crippen LogP) is 3.61. The topological polar surface area (TPSA) is 38.3 Å². The summed E-state index contributed by atoms with van der Waals surface area (Å²) in [6.07, 6.45) is 0. The van der Waals surface area contributed by atoms with E-state index >= 15 is 0 Å². The van der Waals surface area contributed by atoms with Gasteiger partial charge < -0.3 is 10.1 Å². The van der Waals surface area contributed by atoms with Gasteiger partial charge in [0.05, 0.1) is 0 Å². The molecule has 0 fully saturated rings. The molecule has 0 aliphatic rings. The quantitative estimate of drug-likeness (QED) is 0.916. The lowest BCUT2D eigenvalue weighted by atomic mass is 10.1. The summed E-state index contributed by atoms with van der Waals surface area (Å²) in [7, 11) is 0. The van der Waals surface area contributed by atoms with E-state index in [1.807, 2.05) is 31.2 Å². The van der Waals surface area contributed by atoms with Crippen molar-refractivity contribution in [2.24, 2.45) is 0 Å². The van der Waals surface area contributed by atoms with Gasteiger partial charge in [0.1, 0.15) is 11.6 Å². The molecule has 22 heavy (non-hydrogen) atoms. The average Bonchev–Trinajstić information content (AvgIpc) is 2.48. The van der Waals surface area contributed by atoms with E-state index < -0.39 is 5.60 Å². The average molecular weight is 301 g/mol. The van der Waals surface area contributed by atoms with Crippen molar-refractivity contribution >= 4 is 5.91 Å². The number of amides is 1. The zero-order valence-electron chi connectivity index (χ0n) is 13.0. The Labute approximate surface area is 130 Å². The lowest BCUT2D eigenvalue weighted by Crippen LogP contribution is -2.46. The van der Waals surface area contributed by atoms with Gasteiger partial charge in [-0.1, -0.05) is 24.3 Å². The Bertz CT molecular complexity index is 650. The molecule has 2 aromatic carbocycles. The highest BCUT2D eigenvalue weighted by Gasteiger charge is 2.29. The molecule has 1 N–H and O–H groups in total. The number of aryl methyl sites for hydroxylation is 1. The van der Waals surface area contributed by atoms with Crippen LogP contribution >= 0.6 is 0 Å². The Morgan fingerprint density at radius 2 is 1.77 bits per heavy atom. The molecule has 0 bridgehead atoms. The summed E-state index contributed by atoms with van der Waals surface area (Å²) in [5.74, 6) is -0.105. The maximum atomic E-state index is 12.9. The number of hydrogen-bond acceptors (Lipinski definition) is 2. The van der Waals surface area contributed by atoms with Crippen LogP contribution in [0.5, 0.6) is 5.75 Å². The number of carbonyl (C=O) groups is 1. The summed E-state index contributed by atoms with van der Waals surface area (Å²) in [5, 5.41) is 2.87. The number of halogens is 1. The molecular formula is C18H20FNO2. The molecule has 3 nitrogen and oxygen atoms in total. The van der Waals surface area contributed by atoms with Crippen LogP contribution in [0.3, 0.4) is 0 Å². The number of rotatable bonds is 5. The Balaban J connectivity index is 1.98. The molecule has 0 aliphatic carbocycles. The second-order valence-corrected chi connectivity index (χ2v) is 5.68. The van der Waals surface area contributed by atoms with E-state index in [0.717, 1.165) is 11.1 Å². The van der Waals surface area contributed by atoms with Gasteiger partial charge in [-0.15, -0.1) is 0 Å². The summed E-state index contributed by atoms with van der Waals surface area (Å²) in [4.78, 5) is 12.3. The lowest BCUT2D eigenvalue weighted by Gasteiger charge is -2.25. The van der Waals surface area contributed by atoms with Crippen molar-refractivity contribution in [3.05, 3.63) is 65.5 Å². The number of nitrogens with one attached hydrogen (secondary N) is 1. The van der Waals surface area contributed by atoms with Gasteiger partial charge in [0, 0.05) is 6.54 Å². The SMILES string of the molecule is Cc1ccccc1CNC(=O)C(C)(C)Oc1ccc(F)cc1. The maximum Gasteiger partial charge on any atom is 0.263 e. The Morgan fingerprint density at radius 3 is 2.41 bits per heavy atom. The monoisotopic (exact) mass is 301 g/mol. The molecule has 4 heteroatoms. The van der Waals surface area contributed by atoms with Gasteiger partial charge in [-0.05, 0) is 56.2 Å². The zero-order valence-corrected chi connectivity index (χ0v) is 13.0. The van der Waals surface area contributed by atoms with Gasteiger partial charge in [-0.2, -0.15) is 0 Å². The summed E-state index contributed by atoms with van der Waals surface area (Å²) >= 11 is 0. The van der Waals surface area contributed by atoms with Gasteiger partial charge in [0.2, 0.25) is 0 Å². The van der Waals surface area contributed by atoms with Crippen molar-refractivity contribution in [1.29, 1.82) is 0 Å². The first kappa shape index (κ1) is 16.0. The smallest absolute Gasteiger partial charge is 0.263 e. The van der Waals surface area contributed by atoms with E-state index in [-0.39, 0.29) is 11.7 Å². The molecule has 0 aromatic heterocycles.